The van der Waals surface area contributed by atoms with Gasteiger partial charge in [-0.1, -0.05) is 0 Å². The van der Waals surface area contributed by atoms with Crippen LogP contribution in [0.1, 0.15) is 12.8 Å². The normalized spacial score (nSPS) is 25.4. The standard InChI is InChI=1S/C7H14F2N2/c1-10-6-11-4-2-3-7(8,9)5-11/h10H,2-6H2,1H3. The van der Waals surface area contributed by atoms with Gasteiger partial charge in [0.15, 0.2) is 0 Å². The summed E-state index contributed by atoms with van der Waals surface area (Å²) in [5.41, 5.74) is 0. The first-order valence-corrected chi connectivity index (χ1v) is 3.89. The van der Waals surface area contributed by atoms with E-state index >= 15 is 0 Å². The molecule has 0 radical (unpaired) electrons. The van der Waals surface area contributed by atoms with Crippen LogP contribution in [0.25, 0.3) is 0 Å². The maximum Gasteiger partial charge on any atom is 0.260 e. The van der Waals surface area contributed by atoms with E-state index < -0.39 is 5.92 Å². The van der Waals surface area contributed by atoms with Gasteiger partial charge in [-0.05, 0) is 20.0 Å². The summed E-state index contributed by atoms with van der Waals surface area (Å²) in [6, 6.07) is 0. The van der Waals surface area contributed by atoms with Gasteiger partial charge in [-0.3, -0.25) is 4.90 Å². The summed E-state index contributed by atoms with van der Waals surface area (Å²) in [6.45, 7) is 1.26. The summed E-state index contributed by atoms with van der Waals surface area (Å²) in [5.74, 6) is -2.46. The number of rotatable bonds is 2. The summed E-state index contributed by atoms with van der Waals surface area (Å²) < 4.78 is 25.4. The number of likely N-dealkylation sites (tertiary alicyclic amines) is 1. The fraction of sp³-hybridized carbons (Fsp3) is 1.00. The Bertz CT molecular complexity index is 126. The van der Waals surface area contributed by atoms with Crippen LogP contribution in [0.5, 0.6) is 0 Å². The lowest BCUT2D eigenvalue weighted by molar-refractivity contribution is -0.0650. The SMILES string of the molecule is CNCN1CCCC(F)(F)C1. The van der Waals surface area contributed by atoms with Crippen LogP contribution < -0.4 is 5.32 Å². The van der Waals surface area contributed by atoms with Gasteiger partial charge in [0.1, 0.15) is 0 Å². The Kier molecular flexibility index (Phi) is 2.78. The van der Waals surface area contributed by atoms with E-state index in [4.69, 9.17) is 0 Å². The highest BCUT2D eigenvalue weighted by atomic mass is 19.3. The molecule has 2 nitrogen and oxygen atoms in total. The van der Waals surface area contributed by atoms with E-state index in [1.165, 1.54) is 0 Å². The second kappa shape index (κ2) is 3.45. The Morgan fingerprint density at radius 2 is 2.27 bits per heavy atom. The molecule has 0 aromatic carbocycles. The summed E-state index contributed by atoms with van der Waals surface area (Å²) in [4.78, 5) is 1.74. The first-order valence-electron chi connectivity index (χ1n) is 3.89. The van der Waals surface area contributed by atoms with Crippen molar-refractivity contribution in [3.05, 3.63) is 0 Å². The average Bonchev–Trinajstić information content (AvgIpc) is 1.85. The fourth-order valence-electron chi connectivity index (χ4n) is 1.41. The molecule has 0 spiro atoms. The molecule has 0 aliphatic carbocycles. The zero-order valence-electron chi connectivity index (χ0n) is 6.74. The van der Waals surface area contributed by atoms with Gasteiger partial charge in [-0.25, -0.2) is 8.78 Å². The van der Waals surface area contributed by atoms with Crippen LogP contribution in [0.3, 0.4) is 0 Å². The molecule has 0 aromatic heterocycles. The highest BCUT2D eigenvalue weighted by Crippen LogP contribution is 2.25. The van der Waals surface area contributed by atoms with Crippen LogP contribution in [0, 0.1) is 0 Å². The third-order valence-electron chi connectivity index (χ3n) is 1.85. The number of hydrogen-bond acceptors (Lipinski definition) is 2. The highest BCUT2D eigenvalue weighted by Gasteiger charge is 2.34. The van der Waals surface area contributed by atoms with Gasteiger partial charge in [-0.15, -0.1) is 0 Å². The van der Waals surface area contributed by atoms with Crippen LogP contribution >= 0.6 is 0 Å². The Morgan fingerprint density at radius 1 is 1.55 bits per heavy atom. The molecule has 4 heteroatoms. The van der Waals surface area contributed by atoms with Crippen molar-refractivity contribution >= 4 is 0 Å². The Morgan fingerprint density at radius 3 is 2.82 bits per heavy atom. The molecule has 1 heterocycles. The van der Waals surface area contributed by atoms with Gasteiger partial charge in [0.25, 0.3) is 5.92 Å². The monoisotopic (exact) mass is 164 g/mol. The Labute approximate surface area is 65.6 Å². The van der Waals surface area contributed by atoms with E-state index in [1.54, 1.807) is 11.9 Å². The van der Waals surface area contributed by atoms with Crippen LogP contribution in [0.2, 0.25) is 0 Å². The fourth-order valence-corrected chi connectivity index (χ4v) is 1.41. The minimum Gasteiger partial charge on any atom is -0.307 e. The zero-order chi connectivity index (χ0) is 8.32. The molecule has 0 unspecified atom stereocenters. The third kappa shape index (κ3) is 2.71. The molecule has 11 heavy (non-hydrogen) atoms. The lowest BCUT2D eigenvalue weighted by Gasteiger charge is -2.31. The van der Waals surface area contributed by atoms with Crippen LogP contribution in [-0.4, -0.2) is 37.6 Å². The number of nitrogens with zero attached hydrogens (tertiary/aromatic N) is 1. The molecule has 0 bridgehead atoms. The van der Waals surface area contributed by atoms with Gasteiger partial charge in [0.2, 0.25) is 0 Å². The first-order chi connectivity index (χ1) is 5.14. The second-order valence-corrected chi connectivity index (χ2v) is 3.02. The van der Waals surface area contributed by atoms with E-state index in [0.29, 0.717) is 13.1 Å². The molecule has 1 fully saturated rings. The van der Waals surface area contributed by atoms with Gasteiger partial charge < -0.3 is 5.32 Å². The van der Waals surface area contributed by atoms with E-state index in [2.05, 4.69) is 5.32 Å². The maximum atomic E-state index is 12.7. The smallest absolute Gasteiger partial charge is 0.260 e. The molecule has 1 saturated heterocycles. The van der Waals surface area contributed by atoms with Crippen molar-refractivity contribution in [2.24, 2.45) is 0 Å². The largest absolute Gasteiger partial charge is 0.307 e. The molecular weight excluding hydrogens is 150 g/mol. The van der Waals surface area contributed by atoms with Crippen molar-refractivity contribution in [3.8, 4) is 0 Å². The highest BCUT2D eigenvalue weighted by molar-refractivity contribution is 4.77. The number of hydrogen-bond donors (Lipinski definition) is 1. The molecule has 1 aliphatic heterocycles. The van der Waals surface area contributed by atoms with Crippen LogP contribution in [0.4, 0.5) is 8.78 Å². The van der Waals surface area contributed by atoms with Crippen LogP contribution in [-0.2, 0) is 0 Å². The second-order valence-electron chi connectivity index (χ2n) is 3.02. The van der Waals surface area contributed by atoms with Crippen molar-refractivity contribution in [3.63, 3.8) is 0 Å². The molecule has 1 aliphatic rings. The summed E-state index contributed by atoms with van der Waals surface area (Å²) in [7, 11) is 1.77. The molecular formula is C7H14F2N2. The van der Waals surface area contributed by atoms with Gasteiger partial charge in [0, 0.05) is 13.1 Å². The molecule has 0 aromatic rings. The van der Waals surface area contributed by atoms with E-state index in [9.17, 15) is 8.78 Å². The maximum absolute atomic E-state index is 12.7. The van der Waals surface area contributed by atoms with Crippen molar-refractivity contribution in [1.29, 1.82) is 0 Å². The summed E-state index contributed by atoms with van der Waals surface area (Å²) in [6.07, 6.45) is 0.655. The molecule has 1 N–H and O–H groups in total. The van der Waals surface area contributed by atoms with Crippen molar-refractivity contribution in [2.45, 2.75) is 18.8 Å². The topological polar surface area (TPSA) is 15.3 Å². The quantitative estimate of drug-likeness (QED) is 0.652. The number of halogens is 2. The minimum absolute atomic E-state index is 0.0488. The van der Waals surface area contributed by atoms with Gasteiger partial charge in [0.05, 0.1) is 6.54 Å². The van der Waals surface area contributed by atoms with Crippen molar-refractivity contribution in [2.75, 3.05) is 26.8 Å². The number of alkyl halides is 2. The minimum atomic E-state index is -2.46. The molecule has 0 atom stereocenters. The van der Waals surface area contributed by atoms with Crippen molar-refractivity contribution < 1.29 is 8.78 Å². The predicted molar refractivity (Wildman–Crippen MR) is 39.7 cm³/mol. The molecule has 1 rings (SSSR count). The molecule has 0 saturated carbocycles. The summed E-state index contributed by atoms with van der Waals surface area (Å²) in [5, 5.41) is 2.87. The van der Waals surface area contributed by atoms with E-state index in [-0.39, 0.29) is 13.0 Å². The number of nitrogens with one attached hydrogen (secondary N) is 1. The lowest BCUT2D eigenvalue weighted by atomic mass is 10.1. The zero-order valence-corrected chi connectivity index (χ0v) is 6.74. The molecule has 0 amide bonds. The Balaban J connectivity index is 2.34. The number of piperidine rings is 1. The predicted octanol–water partition coefficient (Wildman–Crippen LogP) is 0.894. The lowest BCUT2D eigenvalue weighted by Crippen LogP contribution is -2.45. The van der Waals surface area contributed by atoms with Crippen LogP contribution in [0.15, 0.2) is 0 Å². The Hall–Kier alpha value is -0.220. The summed E-state index contributed by atoms with van der Waals surface area (Å²) >= 11 is 0. The van der Waals surface area contributed by atoms with E-state index in [0.717, 1.165) is 6.54 Å². The average molecular weight is 164 g/mol. The third-order valence-corrected chi connectivity index (χ3v) is 1.85. The van der Waals surface area contributed by atoms with E-state index in [1.807, 2.05) is 0 Å². The first kappa shape index (κ1) is 8.87. The van der Waals surface area contributed by atoms with Gasteiger partial charge in [-0.2, -0.15) is 0 Å². The van der Waals surface area contributed by atoms with Gasteiger partial charge >= 0.3 is 0 Å². The van der Waals surface area contributed by atoms with Crippen molar-refractivity contribution in [1.82, 2.24) is 10.2 Å². The molecule has 66 valence electrons.